The van der Waals surface area contributed by atoms with E-state index in [1.165, 1.54) is 21.0 Å². The Hall–Kier alpha value is -1.94. The molecule has 0 saturated heterocycles. The zero-order valence-corrected chi connectivity index (χ0v) is 13.9. The molecular formula is C13H19N3O6S. The molecule has 0 unspecified atom stereocenters. The van der Waals surface area contributed by atoms with Crippen LogP contribution in [0.25, 0.3) is 0 Å². The van der Waals surface area contributed by atoms with Crippen molar-refractivity contribution in [3.05, 3.63) is 11.5 Å². The van der Waals surface area contributed by atoms with Gasteiger partial charge in [-0.2, -0.15) is 0 Å². The normalized spacial score (nSPS) is 16.0. The van der Waals surface area contributed by atoms with Crippen molar-refractivity contribution in [2.24, 2.45) is 5.41 Å². The van der Waals surface area contributed by atoms with Gasteiger partial charge in [-0.3, -0.25) is 9.59 Å². The van der Waals surface area contributed by atoms with Crippen molar-refractivity contribution >= 4 is 21.9 Å². The van der Waals surface area contributed by atoms with E-state index >= 15 is 0 Å². The number of amides is 1. The molecule has 23 heavy (non-hydrogen) atoms. The molecule has 2 rings (SSSR count). The summed E-state index contributed by atoms with van der Waals surface area (Å²) in [5.41, 5.74) is -0.441. The molecule has 0 aromatic carbocycles. The number of nitrogens with one attached hydrogen (secondary N) is 2. The molecule has 0 bridgehead atoms. The largest absolute Gasteiger partial charge is 0.469 e. The molecule has 1 fully saturated rings. The molecule has 1 heterocycles. The Morgan fingerprint density at radius 1 is 1.35 bits per heavy atom. The van der Waals surface area contributed by atoms with Crippen molar-refractivity contribution in [2.45, 2.75) is 31.6 Å². The van der Waals surface area contributed by atoms with Crippen LogP contribution >= 0.6 is 0 Å². The molecule has 1 aromatic rings. The minimum Gasteiger partial charge on any atom is -0.469 e. The fourth-order valence-corrected chi connectivity index (χ4v) is 3.55. The van der Waals surface area contributed by atoms with E-state index in [4.69, 9.17) is 4.52 Å². The molecule has 0 spiro atoms. The Kier molecular flexibility index (Phi) is 4.76. The van der Waals surface area contributed by atoms with E-state index in [2.05, 4.69) is 19.9 Å². The van der Waals surface area contributed by atoms with Gasteiger partial charge in [0, 0.05) is 6.54 Å². The molecule has 0 atom stereocenters. The first-order valence-electron chi connectivity index (χ1n) is 6.99. The summed E-state index contributed by atoms with van der Waals surface area (Å²) >= 11 is 0. The number of methoxy groups -OCH3 is 1. The summed E-state index contributed by atoms with van der Waals surface area (Å²) in [6.07, 6.45) is 1.29. The highest BCUT2D eigenvalue weighted by Gasteiger charge is 2.51. The topological polar surface area (TPSA) is 128 Å². The molecule has 2 N–H and O–H groups in total. The van der Waals surface area contributed by atoms with Gasteiger partial charge < -0.3 is 14.6 Å². The molecular weight excluding hydrogens is 326 g/mol. The predicted octanol–water partition coefficient (Wildman–Crippen LogP) is -0.361. The molecule has 128 valence electrons. The number of nitrogens with zero attached hydrogens (tertiary/aromatic N) is 1. The Labute approximate surface area is 133 Å². The lowest BCUT2D eigenvalue weighted by atomic mass is 10.1. The standard InChI is InChI=1S/C13H19N3O6S/c1-8-11(9(2)22-16-8)23(19,20)15-6-10(17)14-7-13(4-5-13)12(18)21-3/h15H,4-7H2,1-3H3,(H,14,17). The van der Waals surface area contributed by atoms with Crippen LogP contribution in [0, 0.1) is 19.3 Å². The van der Waals surface area contributed by atoms with Crippen LogP contribution in [-0.4, -0.2) is 45.7 Å². The lowest BCUT2D eigenvalue weighted by molar-refractivity contribution is -0.147. The number of hydrogen-bond donors (Lipinski definition) is 2. The van der Waals surface area contributed by atoms with Crippen LogP contribution in [0.1, 0.15) is 24.3 Å². The fourth-order valence-electron chi connectivity index (χ4n) is 2.24. The Morgan fingerprint density at radius 2 is 2.00 bits per heavy atom. The zero-order chi connectivity index (χ0) is 17.3. The predicted molar refractivity (Wildman–Crippen MR) is 77.9 cm³/mol. The van der Waals surface area contributed by atoms with Crippen molar-refractivity contribution in [1.82, 2.24) is 15.2 Å². The lowest BCUT2D eigenvalue weighted by Crippen LogP contribution is -2.41. The van der Waals surface area contributed by atoms with Gasteiger partial charge in [-0.25, -0.2) is 13.1 Å². The van der Waals surface area contributed by atoms with Gasteiger partial charge in [0.1, 0.15) is 10.6 Å². The summed E-state index contributed by atoms with van der Waals surface area (Å²) in [4.78, 5) is 23.3. The zero-order valence-electron chi connectivity index (χ0n) is 13.1. The van der Waals surface area contributed by atoms with Crippen LogP contribution in [0.5, 0.6) is 0 Å². The number of aryl methyl sites for hydroxylation is 2. The van der Waals surface area contributed by atoms with Crippen LogP contribution in [0.4, 0.5) is 0 Å². The van der Waals surface area contributed by atoms with Crippen molar-refractivity contribution < 1.29 is 27.3 Å². The van der Waals surface area contributed by atoms with Gasteiger partial charge in [-0.1, -0.05) is 5.16 Å². The number of carbonyl (C=O) groups is 2. The van der Waals surface area contributed by atoms with E-state index in [1.54, 1.807) is 0 Å². The molecule has 0 radical (unpaired) electrons. The number of sulfonamides is 1. The van der Waals surface area contributed by atoms with E-state index in [0.29, 0.717) is 12.8 Å². The van der Waals surface area contributed by atoms with Crippen molar-refractivity contribution in [2.75, 3.05) is 20.2 Å². The van der Waals surface area contributed by atoms with Crippen LogP contribution in [-0.2, 0) is 24.3 Å². The monoisotopic (exact) mass is 345 g/mol. The summed E-state index contributed by atoms with van der Waals surface area (Å²) in [6.45, 7) is 2.66. The van der Waals surface area contributed by atoms with Gasteiger partial charge in [0.15, 0.2) is 5.76 Å². The van der Waals surface area contributed by atoms with Gasteiger partial charge in [0.2, 0.25) is 15.9 Å². The van der Waals surface area contributed by atoms with Gasteiger partial charge in [-0.15, -0.1) is 0 Å². The third kappa shape index (κ3) is 3.70. The highest BCUT2D eigenvalue weighted by atomic mass is 32.2. The number of aromatic nitrogens is 1. The highest BCUT2D eigenvalue weighted by Crippen LogP contribution is 2.45. The molecule has 0 aliphatic heterocycles. The van der Waals surface area contributed by atoms with E-state index < -0.39 is 27.9 Å². The first kappa shape index (κ1) is 17.4. The van der Waals surface area contributed by atoms with Crippen LogP contribution in [0.2, 0.25) is 0 Å². The Balaban J connectivity index is 1.89. The molecule has 9 nitrogen and oxygen atoms in total. The van der Waals surface area contributed by atoms with Crippen molar-refractivity contribution in [3.8, 4) is 0 Å². The van der Waals surface area contributed by atoms with E-state index in [0.717, 1.165) is 0 Å². The minimum absolute atomic E-state index is 0.0708. The van der Waals surface area contributed by atoms with Crippen LogP contribution in [0.15, 0.2) is 9.42 Å². The smallest absolute Gasteiger partial charge is 0.313 e. The SMILES string of the molecule is COC(=O)C1(CNC(=O)CNS(=O)(=O)c2c(C)noc2C)CC1. The third-order valence-corrected chi connectivity index (χ3v) is 5.40. The molecule has 1 saturated carbocycles. The van der Waals surface area contributed by atoms with E-state index in [9.17, 15) is 18.0 Å². The van der Waals surface area contributed by atoms with Crippen LogP contribution in [0.3, 0.4) is 0 Å². The molecule has 10 heteroatoms. The highest BCUT2D eigenvalue weighted by molar-refractivity contribution is 7.89. The molecule has 1 amide bonds. The van der Waals surface area contributed by atoms with Gasteiger partial charge in [0.05, 0.1) is 19.1 Å². The number of ether oxygens (including phenoxy) is 1. The average molecular weight is 345 g/mol. The summed E-state index contributed by atoms with van der Waals surface area (Å²) in [7, 11) is -2.60. The quantitative estimate of drug-likeness (QED) is 0.646. The second kappa shape index (κ2) is 6.28. The van der Waals surface area contributed by atoms with Gasteiger partial charge in [-0.05, 0) is 26.7 Å². The molecule has 1 aliphatic carbocycles. The maximum Gasteiger partial charge on any atom is 0.313 e. The number of rotatable bonds is 7. The number of carbonyl (C=O) groups excluding carboxylic acids is 2. The van der Waals surface area contributed by atoms with Crippen molar-refractivity contribution in [1.29, 1.82) is 0 Å². The second-order valence-corrected chi connectivity index (χ2v) is 7.23. The number of esters is 1. The Bertz CT molecular complexity index is 701. The first-order chi connectivity index (χ1) is 10.7. The van der Waals surface area contributed by atoms with E-state index in [1.807, 2.05) is 0 Å². The maximum absolute atomic E-state index is 12.1. The first-order valence-corrected chi connectivity index (χ1v) is 8.48. The van der Waals surface area contributed by atoms with Crippen molar-refractivity contribution in [3.63, 3.8) is 0 Å². The summed E-state index contributed by atoms with van der Waals surface area (Å²) < 4.78 is 36.0. The lowest BCUT2D eigenvalue weighted by Gasteiger charge is -2.13. The third-order valence-electron chi connectivity index (χ3n) is 3.76. The molecule has 1 aromatic heterocycles. The summed E-state index contributed by atoms with van der Waals surface area (Å²) in [6, 6.07) is 0. The van der Waals surface area contributed by atoms with Gasteiger partial charge in [0.25, 0.3) is 0 Å². The fraction of sp³-hybridized carbons (Fsp3) is 0.615. The summed E-state index contributed by atoms with van der Waals surface area (Å²) in [5.74, 6) is -0.748. The van der Waals surface area contributed by atoms with Gasteiger partial charge >= 0.3 is 5.97 Å². The van der Waals surface area contributed by atoms with E-state index in [-0.39, 0.29) is 28.9 Å². The average Bonchev–Trinajstić information content (AvgIpc) is 3.22. The Morgan fingerprint density at radius 3 is 2.48 bits per heavy atom. The summed E-state index contributed by atoms with van der Waals surface area (Å²) in [5, 5.41) is 6.11. The second-order valence-electron chi connectivity index (χ2n) is 5.53. The maximum atomic E-state index is 12.1. The molecule has 1 aliphatic rings. The number of hydrogen-bond acceptors (Lipinski definition) is 7. The minimum atomic E-state index is -3.89. The van der Waals surface area contributed by atoms with Crippen LogP contribution < -0.4 is 10.0 Å².